The summed E-state index contributed by atoms with van der Waals surface area (Å²) in [6, 6.07) is 8.31. The zero-order valence-corrected chi connectivity index (χ0v) is 21.0. The number of aromatic nitrogens is 2. The minimum Gasteiger partial charge on any atom is -1.00 e. The van der Waals surface area contributed by atoms with Gasteiger partial charge >= 0.3 is 29.6 Å². The first-order valence-corrected chi connectivity index (χ1v) is 9.63. The predicted molar refractivity (Wildman–Crippen MR) is 102 cm³/mol. The Balaban J connectivity index is 0.00000196. The van der Waals surface area contributed by atoms with Gasteiger partial charge in [-0.05, 0) is 61.4 Å². The van der Waals surface area contributed by atoms with E-state index in [0.29, 0.717) is 0 Å². The molecule has 3 heterocycles. The second kappa shape index (κ2) is 15.7. The van der Waals surface area contributed by atoms with Crippen LogP contribution in [0.2, 0.25) is 0 Å². The van der Waals surface area contributed by atoms with Crippen molar-refractivity contribution >= 4 is 0 Å². The van der Waals surface area contributed by atoms with Crippen LogP contribution in [-0.2, 0) is 22.4 Å². The van der Waals surface area contributed by atoms with Crippen LogP contribution in [0.3, 0.4) is 0 Å². The van der Waals surface area contributed by atoms with Crippen LogP contribution < -0.4 is 53.5 Å². The Morgan fingerprint density at radius 2 is 1.89 bits per heavy atom. The van der Waals surface area contributed by atoms with Gasteiger partial charge in [0.1, 0.15) is 0 Å². The van der Waals surface area contributed by atoms with Crippen molar-refractivity contribution in [3.8, 4) is 0 Å². The minimum absolute atomic E-state index is 0. The van der Waals surface area contributed by atoms with Gasteiger partial charge in [-0.15, -0.1) is 0 Å². The van der Waals surface area contributed by atoms with Crippen molar-refractivity contribution in [3.63, 3.8) is 0 Å². The maximum atomic E-state index is 5.88. The summed E-state index contributed by atoms with van der Waals surface area (Å²) in [5.41, 5.74) is 2.57. The Hall–Kier alpha value is -0.0900. The van der Waals surface area contributed by atoms with E-state index in [1.54, 1.807) is 0 Å². The molecule has 0 N–H and O–H groups in total. The molecule has 7 heteroatoms. The fourth-order valence-corrected chi connectivity index (χ4v) is 3.20. The second-order valence-corrected chi connectivity index (χ2v) is 6.76. The van der Waals surface area contributed by atoms with E-state index in [0.717, 1.165) is 58.5 Å². The first-order chi connectivity index (χ1) is 12.9. The van der Waals surface area contributed by atoms with Crippen LogP contribution in [-0.4, -0.2) is 47.5 Å². The summed E-state index contributed by atoms with van der Waals surface area (Å²) < 4.78 is 11.5. The monoisotopic (exact) mass is 505 g/mol. The molecule has 2 aromatic heterocycles. The predicted octanol–water partition coefficient (Wildman–Crippen LogP) is -2.54. The van der Waals surface area contributed by atoms with Gasteiger partial charge in [0.15, 0.2) is 6.29 Å². The van der Waals surface area contributed by atoms with Gasteiger partial charge < -0.3 is 33.5 Å². The van der Waals surface area contributed by atoms with Gasteiger partial charge in [0.25, 0.3) is 0 Å². The smallest absolute Gasteiger partial charge is 1.00 e. The van der Waals surface area contributed by atoms with Crippen molar-refractivity contribution in [1.82, 2.24) is 14.9 Å². The van der Waals surface area contributed by atoms with E-state index < -0.39 is 0 Å². The van der Waals surface area contributed by atoms with E-state index >= 15 is 0 Å². The van der Waals surface area contributed by atoms with Crippen LogP contribution in [0.5, 0.6) is 0 Å². The van der Waals surface area contributed by atoms with E-state index in [1.807, 2.05) is 30.9 Å². The molecule has 1 atom stereocenters. The van der Waals surface area contributed by atoms with E-state index in [2.05, 4.69) is 33.1 Å². The van der Waals surface area contributed by atoms with Crippen molar-refractivity contribution in [2.45, 2.75) is 44.9 Å². The maximum absolute atomic E-state index is 5.88. The Morgan fingerprint density at radius 1 is 1.04 bits per heavy atom. The quantitative estimate of drug-likeness (QED) is 0.203. The third-order valence-electron chi connectivity index (χ3n) is 4.66. The van der Waals surface area contributed by atoms with Crippen LogP contribution in [0.1, 0.15) is 36.8 Å². The molecule has 0 aromatic carbocycles. The molecule has 1 unspecified atom stereocenters. The van der Waals surface area contributed by atoms with Crippen LogP contribution >= 0.6 is 0 Å². The fraction of sp³-hybridized carbons (Fsp3) is 0.524. The van der Waals surface area contributed by atoms with Crippen molar-refractivity contribution in [2.24, 2.45) is 0 Å². The molecule has 0 amide bonds. The molecule has 0 spiro atoms. The summed E-state index contributed by atoms with van der Waals surface area (Å²) in [5, 5.41) is 0. The van der Waals surface area contributed by atoms with Gasteiger partial charge in [-0.25, -0.2) is 0 Å². The third-order valence-corrected chi connectivity index (χ3v) is 4.66. The molecule has 0 bridgehead atoms. The zero-order valence-electron chi connectivity index (χ0n) is 16.8. The number of pyridine rings is 2. The van der Waals surface area contributed by atoms with Crippen LogP contribution in [0.4, 0.5) is 0 Å². The Bertz CT molecular complexity index is 616. The Kier molecular flexibility index (Phi) is 14.6. The summed E-state index contributed by atoms with van der Waals surface area (Å²) in [4.78, 5) is 10.8. The largest absolute Gasteiger partial charge is 1.00 e. The molecule has 1 fully saturated rings. The standard InChI is InChI=1S/C21H29N3O2.HI.Na/c1-2-15-25-21(6-1)26-16-4-13-24(18-20-7-11-22-12-8-20)14-9-19-5-3-10-23-17-19;;/h3,5,7-8,10-12,17,21H,1-2,4,6,9,13-16,18H2;1H;/q;;+1/p-1. The van der Waals surface area contributed by atoms with Gasteiger partial charge in [0.2, 0.25) is 0 Å². The average Bonchev–Trinajstić information content (AvgIpc) is 2.71. The second-order valence-electron chi connectivity index (χ2n) is 6.76. The fourth-order valence-electron chi connectivity index (χ4n) is 3.20. The number of ether oxygens (including phenoxy) is 2. The van der Waals surface area contributed by atoms with E-state index in [9.17, 15) is 0 Å². The van der Waals surface area contributed by atoms with Crippen LogP contribution in [0, 0.1) is 0 Å². The number of hydrogen-bond donors (Lipinski definition) is 0. The van der Waals surface area contributed by atoms with E-state index in [4.69, 9.17) is 9.47 Å². The molecule has 1 aliphatic rings. The Labute approximate surface area is 207 Å². The summed E-state index contributed by atoms with van der Waals surface area (Å²) in [6.45, 7) is 4.54. The first kappa shape index (κ1) is 25.9. The molecule has 28 heavy (non-hydrogen) atoms. The molecule has 0 aliphatic carbocycles. The summed E-state index contributed by atoms with van der Waals surface area (Å²) in [6.07, 6.45) is 12.9. The number of hydrogen-bond acceptors (Lipinski definition) is 5. The summed E-state index contributed by atoms with van der Waals surface area (Å²) >= 11 is 0. The summed E-state index contributed by atoms with van der Waals surface area (Å²) in [7, 11) is 0. The average molecular weight is 505 g/mol. The first-order valence-electron chi connectivity index (χ1n) is 9.63. The Morgan fingerprint density at radius 3 is 2.61 bits per heavy atom. The topological polar surface area (TPSA) is 47.5 Å². The molecular weight excluding hydrogens is 476 g/mol. The molecule has 148 valence electrons. The molecule has 1 saturated heterocycles. The molecule has 5 nitrogen and oxygen atoms in total. The molecule has 0 radical (unpaired) electrons. The third kappa shape index (κ3) is 10.1. The molecule has 2 aromatic rings. The normalized spacial score (nSPS) is 16.2. The van der Waals surface area contributed by atoms with Gasteiger partial charge in [-0.3, -0.25) is 14.9 Å². The van der Waals surface area contributed by atoms with Crippen molar-refractivity contribution in [1.29, 1.82) is 0 Å². The van der Waals surface area contributed by atoms with Gasteiger partial charge in [0.05, 0.1) is 6.61 Å². The van der Waals surface area contributed by atoms with E-state index in [1.165, 1.54) is 17.5 Å². The summed E-state index contributed by atoms with van der Waals surface area (Å²) in [5.74, 6) is 0. The molecular formula is C21H29IN3NaO2. The number of nitrogens with zero attached hydrogens (tertiary/aromatic N) is 3. The van der Waals surface area contributed by atoms with Gasteiger partial charge in [-0.1, -0.05) is 6.07 Å². The molecule has 1 aliphatic heterocycles. The molecule has 0 saturated carbocycles. The van der Waals surface area contributed by atoms with Crippen molar-refractivity contribution in [2.75, 3.05) is 26.3 Å². The van der Waals surface area contributed by atoms with Crippen LogP contribution in [0.25, 0.3) is 0 Å². The van der Waals surface area contributed by atoms with Gasteiger partial charge in [0, 0.05) is 51.0 Å². The number of rotatable bonds is 10. The van der Waals surface area contributed by atoms with Crippen molar-refractivity contribution in [3.05, 3.63) is 60.2 Å². The van der Waals surface area contributed by atoms with E-state index in [-0.39, 0.29) is 59.8 Å². The van der Waals surface area contributed by atoms with Crippen LogP contribution in [0.15, 0.2) is 49.1 Å². The maximum Gasteiger partial charge on any atom is 1.00 e. The number of halogens is 1. The van der Waals surface area contributed by atoms with Crippen molar-refractivity contribution < 1.29 is 63.0 Å². The zero-order chi connectivity index (χ0) is 17.9. The molecule has 3 rings (SSSR count). The van der Waals surface area contributed by atoms with Gasteiger partial charge in [-0.2, -0.15) is 0 Å². The minimum atomic E-state index is 0. The SMILES string of the molecule is [I-].[Na+].c1cncc(CCN(CCCOC2CCCCO2)Cc2ccncc2)c1.